The van der Waals surface area contributed by atoms with Crippen LogP contribution >= 0.6 is 0 Å². The van der Waals surface area contributed by atoms with Gasteiger partial charge in [0.1, 0.15) is 17.7 Å². The van der Waals surface area contributed by atoms with Crippen LogP contribution in [0.1, 0.15) is 80.1 Å². The molecule has 10 nitrogen and oxygen atoms in total. The molecule has 4 amide bonds. The first kappa shape index (κ1) is 30.6. The molecule has 0 aromatic heterocycles. The minimum absolute atomic E-state index is 0.0432. The molecule has 10 heteroatoms. The highest BCUT2D eigenvalue weighted by atomic mass is 16.6. The zero-order valence-corrected chi connectivity index (χ0v) is 24.3. The lowest BCUT2D eigenvalue weighted by molar-refractivity contribution is -0.144. The minimum atomic E-state index is -1.02. The molecule has 39 heavy (non-hydrogen) atoms. The second-order valence-corrected chi connectivity index (χ2v) is 12.7. The summed E-state index contributed by atoms with van der Waals surface area (Å²) in [5.74, 6) is -2.20. The van der Waals surface area contributed by atoms with Crippen LogP contribution in [0.15, 0.2) is 12.7 Å². The zero-order valence-electron chi connectivity index (χ0n) is 24.3. The van der Waals surface area contributed by atoms with Crippen LogP contribution in [0.25, 0.3) is 0 Å². The molecular weight excluding hydrogens is 500 g/mol. The van der Waals surface area contributed by atoms with E-state index >= 15 is 0 Å². The van der Waals surface area contributed by atoms with E-state index in [-0.39, 0.29) is 35.5 Å². The number of likely N-dealkylation sites (N-methyl/N-ethyl adjacent to an activating group) is 1. The molecule has 3 fully saturated rings. The van der Waals surface area contributed by atoms with Crippen LogP contribution in [-0.4, -0.2) is 71.3 Å². The first-order valence-electron chi connectivity index (χ1n) is 14.3. The Morgan fingerprint density at radius 2 is 1.74 bits per heavy atom. The van der Waals surface area contributed by atoms with Crippen molar-refractivity contribution in [1.29, 1.82) is 0 Å². The topological polar surface area (TPSA) is 134 Å². The summed E-state index contributed by atoms with van der Waals surface area (Å²) in [6, 6.07) is -2.62. The third kappa shape index (κ3) is 7.00. The largest absolute Gasteiger partial charge is 0.444 e. The number of ketones is 1. The number of piperidine rings is 1. The van der Waals surface area contributed by atoms with Gasteiger partial charge in [-0.15, -0.1) is 6.58 Å². The smallest absolute Gasteiger partial charge is 0.408 e. The molecule has 3 aliphatic rings. The number of alkyl carbamates (subject to hydrolysis) is 1. The number of hydrogen-bond acceptors (Lipinski definition) is 6. The maximum absolute atomic E-state index is 14.0. The van der Waals surface area contributed by atoms with Gasteiger partial charge in [0, 0.05) is 13.1 Å². The van der Waals surface area contributed by atoms with Crippen LogP contribution in [0.4, 0.5) is 4.79 Å². The Morgan fingerprint density at radius 3 is 2.31 bits per heavy atom. The monoisotopic (exact) mass is 546 g/mol. The van der Waals surface area contributed by atoms with Gasteiger partial charge in [-0.3, -0.25) is 19.2 Å². The number of amides is 4. The second-order valence-electron chi connectivity index (χ2n) is 12.7. The van der Waals surface area contributed by atoms with Gasteiger partial charge in [-0.1, -0.05) is 32.8 Å². The van der Waals surface area contributed by atoms with Crippen molar-refractivity contribution < 1.29 is 28.7 Å². The van der Waals surface area contributed by atoms with Gasteiger partial charge in [-0.05, 0) is 76.5 Å². The second kappa shape index (κ2) is 12.1. The van der Waals surface area contributed by atoms with Crippen molar-refractivity contribution in [2.75, 3.05) is 13.1 Å². The third-order valence-corrected chi connectivity index (χ3v) is 8.42. The summed E-state index contributed by atoms with van der Waals surface area (Å²) in [7, 11) is 0. The van der Waals surface area contributed by atoms with Crippen LogP contribution in [0.2, 0.25) is 0 Å². The molecule has 1 heterocycles. The molecule has 0 aromatic rings. The summed E-state index contributed by atoms with van der Waals surface area (Å²) < 4.78 is 5.45. The lowest BCUT2D eigenvalue weighted by atomic mass is 9.94. The first-order valence-corrected chi connectivity index (χ1v) is 14.3. The van der Waals surface area contributed by atoms with Gasteiger partial charge in [0.25, 0.3) is 5.91 Å². The molecule has 3 unspecified atom stereocenters. The number of nitrogens with zero attached hydrogens (tertiary/aromatic N) is 1. The van der Waals surface area contributed by atoms with Crippen molar-refractivity contribution in [3.63, 3.8) is 0 Å². The highest BCUT2D eigenvalue weighted by Crippen LogP contribution is 2.65. The van der Waals surface area contributed by atoms with E-state index < -0.39 is 47.4 Å². The Hall–Kier alpha value is -2.91. The van der Waals surface area contributed by atoms with E-state index in [0.717, 1.165) is 25.7 Å². The number of nitrogens with one attached hydrogen (secondary N) is 3. The quantitative estimate of drug-likeness (QED) is 0.270. The number of allylic oxidation sites excluding steroid dienone is 1. The SMILES string of the molecule is C=CCCC(NC(=O)[C@@H]1C2C(CN1C(=O)[C@@H](NC(=O)OC(C)(C)C)C1CCCC1)C2(C)C)C(=O)C(=O)NCC. The number of hydrogen-bond donors (Lipinski definition) is 3. The average molecular weight is 547 g/mol. The summed E-state index contributed by atoms with van der Waals surface area (Å²) >= 11 is 0. The highest BCUT2D eigenvalue weighted by Gasteiger charge is 2.69. The van der Waals surface area contributed by atoms with Gasteiger partial charge in [0.15, 0.2) is 0 Å². The normalized spacial score (nSPS) is 25.2. The minimum Gasteiger partial charge on any atom is -0.444 e. The Bertz CT molecular complexity index is 981. The van der Waals surface area contributed by atoms with E-state index in [4.69, 9.17) is 4.74 Å². The molecule has 0 bridgehead atoms. The van der Waals surface area contributed by atoms with Crippen molar-refractivity contribution >= 4 is 29.6 Å². The molecule has 0 aromatic carbocycles. The maximum Gasteiger partial charge on any atom is 0.408 e. The van der Waals surface area contributed by atoms with Gasteiger partial charge in [-0.2, -0.15) is 0 Å². The fraction of sp³-hybridized carbons (Fsp3) is 0.759. The van der Waals surface area contributed by atoms with Crippen LogP contribution in [0.3, 0.4) is 0 Å². The van der Waals surface area contributed by atoms with Crippen molar-refractivity contribution in [2.24, 2.45) is 23.2 Å². The Balaban J connectivity index is 1.84. The number of rotatable bonds is 11. The van der Waals surface area contributed by atoms with E-state index in [1.54, 1.807) is 38.7 Å². The summed E-state index contributed by atoms with van der Waals surface area (Å²) in [5.41, 5.74) is -0.855. The predicted molar refractivity (Wildman–Crippen MR) is 146 cm³/mol. The summed E-state index contributed by atoms with van der Waals surface area (Å²) in [5, 5.41) is 8.11. The fourth-order valence-corrected chi connectivity index (χ4v) is 6.31. The van der Waals surface area contributed by atoms with Crippen LogP contribution < -0.4 is 16.0 Å². The summed E-state index contributed by atoms with van der Waals surface area (Å²) in [6.07, 6.45) is 5.19. The molecular formula is C29H46N4O6. The Morgan fingerprint density at radius 1 is 1.10 bits per heavy atom. The molecule has 3 N–H and O–H groups in total. The molecule has 5 atom stereocenters. The van der Waals surface area contributed by atoms with Gasteiger partial charge < -0.3 is 25.6 Å². The molecule has 0 spiro atoms. The van der Waals surface area contributed by atoms with Crippen molar-refractivity contribution in [1.82, 2.24) is 20.9 Å². The van der Waals surface area contributed by atoms with E-state index in [1.165, 1.54) is 0 Å². The summed E-state index contributed by atoms with van der Waals surface area (Å²) in [4.78, 5) is 67.2. The number of fused-ring (bicyclic) bond motifs is 1. The third-order valence-electron chi connectivity index (χ3n) is 8.42. The average Bonchev–Trinajstić information content (AvgIpc) is 3.30. The van der Waals surface area contributed by atoms with Crippen molar-refractivity contribution in [2.45, 2.75) is 104 Å². The van der Waals surface area contributed by atoms with E-state index in [2.05, 4.69) is 36.4 Å². The van der Waals surface area contributed by atoms with Crippen molar-refractivity contribution in [3.05, 3.63) is 12.7 Å². The molecule has 1 aliphatic heterocycles. The van der Waals surface area contributed by atoms with Crippen LogP contribution in [0.5, 0.6) is 0 Å². The molecule has 2 saturated carbocycles. The zero-order chi connectivity index (χ0) is 29.1. The van der Waals surface area contributed by atoms with E-state index in [1.807, 2.05) is 0 Å². The first-order chi connectivity index (χ1) is 18.2. The summed E-state index contributed by atoms with van der Waals surface area (Å²) in [6.45, 7) is 15.5. The number of carbonyl (C=O) groups excluding carboxylic acids is 5. The molecule has 1 saturated heterocycles. The van der Waals surface area contributed by atoms with Gasteiger partial charge >= 0.3 is 6.09 Å². The van der Waals surface area contributed by atoms with Gasteiger partial charge in [0.05, 0.1) is 6.04 Å². The molecule has 218 valence electrons. The molecule has 0 radical (unpaired) electrons. The number of Topliss-reactive ketones (excluding diaryl/α,β-unsaturated/α-hetero) is 1. The molecule has 2 aliphatic carbocycles. The standard InChI is InChI=1S/C29H46N4O6/c1-8-10-15-19(23(34)25(36)30-9-2)31-24(35)22-20-18(29(20,6)7)16-33(22)26(37)21(17-13-11-12-14-17)32-27(38)39-28(3,4)5/h8,17-22H,1,9-16H2,2-7H3,(H,30,36)(H,31,35)(H,32,38)/t18?,19?,20?,21-,22-/m0/s1. The van der Waals surface area contributed by atoms with Crippen molar-refractivity contribution in [3.8, 4) is 0 Å². The Labute approximate surface area is 232 Å². The van der Waals surface area contributed by atoms with E-state index in [9.17, 15) is 24.0 Å². The van der Waals surface area contributed by atoms with Gasteiger partial charge in [0.2, 0.25) is 17.6 Å². The lowest BCUT2D eigenvalue weighted by Crippen LogP contribution is -2.59. The Kier molecular flexibility index (Phi) is 9.49. The highest BCUT2D eigenvalue weighted by molar-refractivity contribution is 6.38. The van der Waals surface area contributed by atoms with Crippen LogP contribution in [-0.2, 0) is 23.9 Å². The molecule has 3 rings (SSSR count). The van der Waals surface area contributed by atoms with Gasteiger partial charge in [-0.25, -0.2) is 4.79 Å². The lowest BCUT2D eigenvalue weighted by Gasteiger charge is -2.35. The fourth-order valence-electron chi connectivity index (χ4n) is 6.31. The maximum atomic E-state index is 14.0. The predicted octanol–water partition coefficient (Wildman–Crippen LogP) is 2.71. The number of ether oxygens (including phenoxy) is 1. The number of carbonyl (C=O) groups is 5. The van der Waals surface area contributed by atoms with Crippen LogP contribution in [0, 0.1) is 23.2 Å². The van der Waals surface area contributed by atoms with E-state index in [0.29, 0.717) is 19.5 Å². The number of likely N-dealkylation sites (tertiary alicyclic amines) is 1.